The fourth-order valence-electron chi connectivity index (χ4n) is 3.07. The second-order valence-corrected chi connectivity index (χ2v) is 7.34. The number of hydrogen-bond donors (Lipinski definition) is 1. The minimum atomic E-state index is -0.570. The van der Waals surface area contributed by atoms with E-state index in [1.54, 1.807) is 6.92 Å². The summed E-state index contributed by atoms with van der Waals surface area (Å²) in [6.45, 7) is 5.12. The minimum Gasteiger partial charge on any atom is -0.489 e. The fourth-order valence-corrected chi connectivity index (χ4v) is 3.45. The standard InChI is InChI=1S/C17H19BrN4O2/c1-11(23)16-9-22(20-19-16)15-7-21(8-15)6-12-4-13-5-14(18)2-3-17(13)24-10-12/h2-5,9,11,15,23H,6-8,10H2,1H3. The number of fused-ring (bicyclic) bond motifs is 1. The summed E-state index contributed by atoms with van der Waals surface area (Å²) in [5.41, 5.74) is 3.03. The van der Waals surface area contributed by atoms with Crippen LogP contribution < -0.4 is 4.74 Å². The van der Waals surface area contributed by atoms with E-state index in [4.69, 9.17) is 4.74 Å². The monoisotopic (exact) mass is 390 g/mol. The highest BCUT2D eigenvalue weighted by atomic mass is 79.9. The molecule has 3 heterocycles. The third-order valence-corrected chi connectivity index (χ3v) is 4.93. The van der Waals surface area contributed by atoms with Crippen molar-refractivity contribution in [3.63, 3.8) is 0 Å². The van der Waals surface area contributed by atoms with Crippen LogP contribution in [0.5, 0.6) is 5.75 Å². The molecule has 0 saturated carbocycles. The van der Waals surface area contributed by atoms with Gasteiger partial charge in [-0.1, -0.05) is 21.1 Å². The maximum absolute atomic E-state index is 9.53. The van der Waals surface area contributed by atoms with Crippen LogP contribution in [0.2, 0.25) is 0 Å². The number of aromatic nitrogens is 3. The van der Waals surface area contributed by atoms with E-state index in [1.807, 2.05) is 23.0 Å². The van der Waals surface area contributed by atoms with E-state index in [0.29, 0.717) is 18.3 Å². The second kappa shape index (κ2) is 6.31. The maximum Gasteiger partial charge on any atom is 0.127 e. The molecule has 0 amide bonds. The van der Waals surface area contributed by atoms with Gasteiger partial charge >= 0.3 is 0 Å². The summed E-state index contributed by atoms with van der Waals surface area (Å²) in [6, 6.07) is 6.41. The molecule has 1 N–H and O–H groups in total. The third kappa shape index (κ3) is 3.11. The second-order valence-electron chi connectivity index (χ2n) is 6.42. The van der Waals surface area contributed by atoms with Crippen molar-refractivity contribution in [1.82, 2.24) is 19.9 Å². The molecule has 24 heavy (non-hydrogen) atoms. The van der Waals surface area contributed by atoms with Gasteiger partial charge in [-0.05, 0) is 36.8 Å². The molecule has 1 atom stereocenters. The van der Waals surface area contributed by atoms with E-state index in [9.17, 15) is 5.11 Å². The molecule has 2 aromatic rings. The van der Waals surface area contributed by atoms with Crippen molar-refractivity contribution in [3.05, 3.63) is 45.7 Å². The lowest BCUT2D eigenvalue weighted by Crippen LogP contribution is -2.48. The normalized spacial score (nSPS) is 19.2. The number of nitrogens with zero attached hydrogens (tertiary/aromatic N) is 4. The molecule has 7 heteroatoms. The molecule has 126 valence electrons. The molecule has 0 aliphatic carbocycles. The SMILES string of the molecule is CC(O)c1cn(C2CN(CC3=Cc4cc(Br)ccc4OC3)C2)nn1. The smallest absolute Gasteiger partial charge is 0.127 e. The topological polar surface area (TPSA) is 63.4 Å². The molecule has 0 bridgehead atoms. The first-order valence-corrected chi connectivity index (χ1v) is 8.82. The van der Waals surface area contributed by atoms with E-state index in [1.165, 1.54) is 5.57 Å². The van der Waals surface area contributed by atoms with Crippen LogP contribution in [0.1, 0.15) is 30.3 Å². The zero-order valence-electron chi connectivity index (χ0n) is 13.4. The lowest BCUT2D eigenvalue weighted by atomic mass is 10.0. The Labute approximate surface area is 148 Å². The molecule has 1 fully saturated rings. The molecule has 0 radical (unpaired) electrons. The van der Waals surface area contributed by atoms with E-state index in [2.05, 4.69) is 43.3 Å². The Morgan fingerprint density at radius 1 is 1.42 bits per heavy atom. The van der Waals surface area contributed by atoms with Gasteiger partial charge in [0.05, 0.1) is 18.3 Å². The Balaban J connectivity index is 1.36. The number of aliphatic hydroxyl groups excluding tert-OH is 1. The van der Waals surface area contributed by atoms with Gasteiger partial charge in [0.2, 0.25) is 0 Å². The number of halogens is 1. The number of aliphatic hydroxyl groups is 1. The molecule has 6 nitrogen and oxygen atoms in total. The lowest BCUT2D eigenvalue weighted by molar-refractivity contribution is 0.105. The van der Waals surface area contributed by atoms with Crippen LogP contribution in [-0.2, 0) is 0 Å². The molecular weight excluding hydrogens is 372 g/mol. The quantitative estimate of drug-likeness (QED) is 0.868. The Morgan fingerprint density at radius 3 is 3.00 bits per heavy atom. The summed E-state index contributed by atoms with van der Waals surface area (Å²) in [7, 11) is 0. The number of benzene rings is 1. The zero-order valence-corrected chi connectivity index (χ0v) is 15.0. The van der Waals surface area contributed by atoms with E-state index in [-0.39, 0.29) is 0 Å². The lowest BCUT2D eigenvalue weighted by Gasteiger charge is -2.39. The summed E-state index contributed by atoms with van der Waals surface area (Å²) < 4.78 is 8.75. The van der Waals surface area contributed by atoms with Gasteiger partial charge in [0.25, 0.3) is 0 Å². The zero-order chi connectivity index (χ0) is 16.7. The number of rotatable bonds is 4. The van der Waals surface area contributed by atoms with Crippen LogP contribution in [0.3, 0.4) is 0 Å². The van der Waals surface area contributed by atoms with Crippen LogP contribution >= 0.6 is 15.9 Å². The van der Waals surface area contributed by atoms with Gasteiger partial charge in [0.1, 0.15) is 18.1 Å². The van der Waals surface area contributed by atoms with Crippen molar-refractivity contribution in [2.24, 2.45) is 0 Å². The van der Waals surface area contributed by atoms with Crippen LogP contribution in [0.25, 0.3) is 6.08 Å². The van der Waals surface area contributed by atoms with E-state index in [0.717, 1.165) is 35.4 Å². The highest BCUT2D eigenvalue weighted by molar-refractivity contribution is 9.10. The number of likely N-dealkylation sites (tertiary alicyclic amines) is 1. The summed E-state index contributed by atoms with van der Waals surface area (Å²) in [5.74, 6) is 0.941. The van der Waals surface area contributed by atoms with Gasteiger partial charge in [-0.2, -0.15) is 0 Å². The van der Waals surface area contributed by atoms with Crippen molar-refractivity contribution in [2.45, 2.75) is 19.1 Å². The van der Waals surface area contributed by atoms with Crippen molar-refractivity contribution < 1.29 is 9.84 Å². The molecule has 4 rings (SSSR count). The highest BCUT2D eigenvalue weighted by Crippen LogP contribution is 2.30. The Hall–Kier alpha value is -1.70. The molecular formula is C17H19BrN4O2. The van der Waals surface area contributed by atoms with Gasteiger partial charge in [0.15, 0.2) is 0 Å². The Bertz CT molecular complexity index is 781. The first-order chi connectivity index (χ1) is 11.6. The van der Waals surface area contributed by atoms with Crippen molar-refractivity contribution in [1.29, 1.82) is 0 Å². The first kappa shape index (κ1) is 15.8. The fraction of sp³-hybridized carbons (Fsp3) is 0.412. The summed E-state index contributed by atoms with van der Waals surface area (Å²) >= 11 is 3.50. The molecule has 2 aliphatic rings. The van der Waals surface area contributed by atoms with Crippen LogP contribution in [0.4, 0.5) is 0 Å². The summed E-state index contributed by atoms with van der Waals surface area (Å²) in [4.78, 5) is 2.37. The highest BCUT2D eigenvalue weighted by Gasteiger charge is 2.30. The largest absolute Gasteiger partial charge is 0.489 e. The van der Waals surface area contributed by atoms with Crippen molar-refractivity contribution in [3.8, 4) is 5.75 Å². The molecule has 1 unspecified atom stereocenters. The molecule has 1 saturated heterocycles. The molecule has 1 aromatic carbocycles. The van der Waals surface area contributed by atoms with Gasteiger partial charge in [-0.3, -0.25) is 4.90 Å². The number of hydrogen-bond acceptors (Lipinski definition) is 5. The summed E-state index contributed by atoms with van der Waals surface area (Å²) in [6.07, 6.45) is 3.49. The third-order valence-electron chi connectivity index (χ3n) is 4.44. The minimum absolute atomic E-state index is 0.330. The van der Waals surface area contributed by atoms with Crippen LogP contribution in [0.15, 0.2) is 34.4 Å². The van der Waals surface area contributed by atoms with Gasteiger partial charge in [-0.15, -0.1) is 5.10 Å². The van der Waals surface area contributed by atoms with Crippen molar-refractivity contribution in [2.75, 3.05) is 26.2 Å². The average molecular weight is 391 g/mol. The molecule has 0 spiro atoms. The number of ether oxygens (including phenoxy) is 1. The van der Waals surface area contributed by atoms with Gasteiger partial charge in [-0.25, -0.2) is 4.68 Å². The Morgan fingerprint density at radius 2 is 2.25 bits per heavy atom. The predicted molar refractivity (Wildman–Crippen MR) is 93.7 cm³/mol. The maximum atomic E-state index is 9.53. The molecule has 1 aromatic heterocycles. The van der Waals surface area contributed by atoms with E-state index < -0.39 is 6.10 Å². The first-order valence-electron chi connectivity index (χ1n) is 8.02. The van der Waals surface area contributed by atoms with Gasteiger partial charge in [0, 0.05) is 29.7 Å². The Kier molecular flexibility index (Phi) is 4.15. The average Bonchev–Trinajstić information content (AvgIpc) is 2.99. The predicted octanol–water partition coefficient (Wildman–Crippen LogP) is 2.43. The van der Waals surface area contributed by atoms with Gasteiger partial charge < -0.3 is 9.84 Å². The summed E-state index contributed by atoms with van der Waals surface area (Å²) in [5, 5.41) is 17.6. The molecule has 2 aliphatic heterocycles. The van der Waals surface area contributed by atoms with Crippen LogP contribution in [0, 0.1) is 0 Å². The van der Waals surface area contributed by atoms with E-state index >= 15 is 0 Å². The van der Waals surface area contributed by atoms with Crippen LogP contribution in [-0.4, -0.2) is 51.2 Å². The van der Waals surface area contributed by atoms with Crippen molar-refractivity contribution >= 4 is 22.0 Å².